The van der Waals surface area contributed by atoms with Gasteiger partial charge in [-0.3, -0.25) is 9.59 Å². The lowest BCUT2D eigenvalue weighted by atomic mass is 9.92. The number of hydrogen-bond acceptors (Lipinski definition) is 4. The number of piperidine rings is 1. The summed E-state index contributed by atoms with van der Waals surface area (Å²) in [6.07, 6.45) is 1.57. The van der Waals surface area contributed by atoms with Crippen molar-refractivity contribution in [1.29, 1.82) is 0 Å². The van der Waals surface area contributed by atoms with Crippen LogP contribution in [0.5, 0.6) is 0 Å². The standard InChI is InChI=1S/C21H24FN3O3/c1-13-9-14(2)11-25(10-13)21(27)19-23-17-12-24(8-7-18(17)28-19)20(26)15-5-3-4-6-16(15)22/h3-6,13-14H,7-12H2,1-2H3/t13-,14-/m0/s1. The van der Waals surface area contributed by atoms with Crippen LogP contribution in [0.15, 0.2) is 28.7 Å². The van der Waals surface area contributed by atoms with Crippen LogP contribution in [0, 0.1) is 17.7 Å². The predicted molar refractivity (Wildman–Crippen MR) is 100 cm³/mol. The Morgan fingerprint density at radius 3 is 2.54 bits per heavy atom. The third-order valence-corrected chi connectivity index (χ3v) is 5.46. The van der Waals surface area contributed by atoms with Crippen molar-refractivity contribution < 1.29 is 18.4 Å². The quantitative estimate of drug-likeness (QED) is 0.797. The SMILES string of the molecule is C[C@H]1C[C@H](C)CN(C(=O)c2nc3c(o2)CCN(C(=O)c2ccccc2F)C3)C1. The maximum absolute atomic E-state index is 13.9. The first-order valence-corrected chi connectivity index (χ1v) is 9.74. The third kappa shape index (κ3) is 3.53. The zero-order valence-corrected chi connectivity index (χ0v) is 16.2. The van der Waals surface area contributed by atoms with Gasteiger partial charge >= 0.3 is 5.91 Å². The molecule has 1 aromatic heterocycles. The maximum atomic E-state index is 13.9. The molecule has 0 spiro atoms. The van der Waals surface area contributed by atoms with Gasteiger partial charge in [-0.2, -0.15) is 0 Å². The number of benzene rings is 1. The summed E-state index contributed by atoms with van der Waals surface area (Å²) in [5, 5.41) is 0. The zero-order valence-electron chi connectivity index (χ0n) is 16.2. The summed E-state index contributed by atoms with van der Waals surface area (Å²) in [4.78, 5) is 33.2. The summed E-state index contributed by atoms with van der Waals surface area (Å²) in [5.41, 5.74) is 0.624. The van der Waals surface area contributed by atoms with Gasteiger partial charge in [0.25, 0.3) is 11.8 Å². The molecule has 0 N–H and O–H groups in total. The second-order valence-corrected chi connectivity index (χ2v) is 8.00. The number of rotatable bonds is 2. The molecule has 0 radical (unpaired) electrons. The fourth-order valence-electron chi connectivity index (χ4n) is 4.23. The molecule has 2 aliphatic heterocycles. The highest BCUT2D eigenvalue weighted by Gasteiger charge is 2.32. The first kappa shape index (κ1) is 18.7. The van der Waals surface area contributed by atoms with Crippen molar-refractivity contribution in [3.8, 4) is 0 Å². The number of fused-ring (bicyclic) bond motifs is 1. The fourth-order valence-corrected chi connectivity index (χ4v) is 4.23. The van der Waals surface area contributed by atoms with E-state index in [2.05, 4.69) is 18.8 Å². The van der Waals surface area contributed by atoms with Crippen LogP contribution >= 0.6 is 0 Å². The van der Waals surface area contributed by atoms with Gasteiger partial charge in [-0.25, -0.2) is 9.37 Å². The molecule has 2 atom stereocenters. The Labute approximate surface area is 163 Å². The molecule has 4 rings (SSSR count). The largest absolute Gasteiger partial charge is 0.437 e. The number of oxazole rings is 1. The molecule has 2 aromatic rings. The lowest BCUT2D eigenvalue weighted by Gasteiger charge is -2.34. The summed E-state index contributed by atoms with van der Waals surface area (Å²) >= 11 is 0. The second kappa shape index (κ2) is 7.37. The first-order chi connectivity index (χ1) is 13.4. The van der Waals surface area contributed by atoms with Gasteiger partial charge in [0, 0.05) is 26.1 Å². The predicted octanol–water partition coefficient (Wildman–Crippen LogP) is 3.13. The highest BCUT2D eigenvalue weighted by Crippen LogP contribution is 2.25. The number of hydrogen-bond donors (Lipinski definition) is 0. The van der Waals surface area contributed by atoms with E-state index in [0.29, 0.717) is 49.3 Å². The molecule has 6 nitrogen and oxygen atoms in total. The molecule has 28 heavy (non-hydrogen) atoms. The molecule has 1 saturated heterocycles. The van der Waals surface area contributed by atoms with Crippen LogP contribution in [-0.2, 0) is 13.0 Å². The van der Waals surface area contributed by atoms with Crippen molar-refractivity contribution in [2.24, 2.45) is 11.8 Å². The smallest absolute Gasteiger partial charge is 0.309 e. The average molecular weight is 385 g/mol. The van der Waals surface area contributed by atoms with Gasteiger partial charge in [-0.1, -0.05) is 26.0 Å². The fraction of sp³-hybridized carbons (Fsp3) is 0.476. The van der Waals surface area contributed by atoms with E-state index in [1.54, 1.807) is 21.9 Å². The van der Waals surface area contributed by atoms with Gasteiger partial charge < -0.3 is 14.2 Å². The monoisotopic (exact) mass is 385 g/mol. The van der Waals surface area contributed by atoms with E-state index in [9.17, 15) is 14.0 Å². The topological polar surface area (TPSA) is 66.7 Å². The summed E-state index contributed by atoms with van der Waals surface area (Å²) in [5.74, 6) is 0.517. The summed E-state index contributed by atoms with van der Waals surface area (Å²) < 4.78 is 19.7. The molecule has 0 saturated carbocycles. The van der Waals surface area contributed by atoms with Gasteiger partial charge in [0.2, 0.25) is 0 Å². The zero-order chi connectivity index (χ0) is 19.8. The number of likely N-dealkylation sites (tertiary alicyclic amines) is 1. The summed E-state index contributed by atoms with van der Waals surface area (Å²) in [6.45, 7) is 6.31. The molecule has 2 amide bonds. The number of carbonyl (C=O) groups excluding carboxylic acids is 2. The number of amides is 2. The van der Waals surface area contributed by atoms with Gasteiger partial charge in [0.1, 0.15) is 17.3 Å². The maximum Gasteiger partial charge on any atom is 0.309 e. The Bertz CT molecular complexity index is 900. The van der Waals surface area contributed by atoms with Crippen LogP contribution in [-0.4, -0.2) is 46.2 Å². The molecule has 0 unspecified atom stereocenters. The molecule has 1 aromatic carbocycles. The lowest BCUT2D eigenvalue weighted by Crippen LogP contribution is -2.42. The highest BCUT2D eigenvalue weighted by molar-refractivity contribution is 5.94. The van der Waals surface area contributed by atoms with Crippen LogP contribution in [0.1, 0.15) is 52.8 Å². The van der Waals surface area contributed by atoms with Crippen LogP contribution in [0.3, 0.4) is 0 Å². The molecule has 3 heterocycles. The van der Waals surface area contributed by atoms with Crippen LogP contribution < -0.4 is 0 Å². The molecule has 148 valence electrons. The minimum atomic E-state index is -0.539. The van der Waals surface area contributed by atoms with Gasteiger partial charge in [0.15, 0.2) is 0 Å². The minimum Gasteiger partial charge on any atom is -0.437 e. The average Bonchev–Trinajstić information content (AvgIpc) is 3.09. The van der Waals surface area contributed by atoms with Crippen molar-refractivity contribution in [3.63, 3.8) is 0 Å². The Morgan fingerprint density at radius 1 is 1.11 bits per heavy atom. The number of carbonyl (C=O) groups is 2. The summed E-state index contributed by atoms with van der Waals surface area (Å²) in [6, 6.07) is 5.94. The van der Waals surface area contributed by atoms with Crippen molar-refractivity contribution in [2.75, 3.05) is 19.6 Å². The molecule has 7 heteroatoms. The second-order valence-electron chi connectivity index (χ2n) is 8.00. The molecule has 1 fully saturated rings. The molecular formula is C21H24FN3O3. The number of halogens is 1. The lowest BCUT2D eigenvalue weighted by molar-refractivity contribution is 0.0580. The van der Waals surface area contributed by atoms with Gasteiger partial charge in [-0.15, -0.1) is 0 Å². The van der Waals surface area contributed by atoms with Crippen molar-refractivity contribution in [2.45, 2.75) is 33.2 Å². The molecule has 2 aliphatic rings. The molecular weight excluding hydrogens is 361 g/mol. The molecule has 0 aliphatic carbocycles. The third-order valence-electron chi connectivity index (χ3n) is 5.46. The van der Waals surface area contributed by atoms with E-state index in [4.69, 9.17) is 4.42 Å². The van der Waals surface area contributed by atoms with Crippen molar-refractivity contribution >= 4 is 11.8 Å². The Morgan fingerprint density at radius 2 is 1.82 bits per heavy atom. The first-order valence-electron chi connectivity index (χ1n) is 9.74. The van der Waals surface area contributed by atoms with Crippen molar-refractivity contribution in [3.05, 3.63) is 53.0 Å². The van der Waals surface area contributed by atoms with Gasteiger partial charge in [-0.05, 0) is 30.4 Å². The van der Waals surface area contributed by atoms with E-state index in [0.717, 1.165) is 6.42 Å². The van der Waals surface area contributed by atoms with E-state index in [1.165, 1.54) is 12.1 Å². The molecule has 0 bridgehead atoms. The number of aromatic nitrogens is 1. The van der Waals surface area contributed by atoms with E-state index < -0.39 is 5.82 Å². The Kier molecular flexibility index (Phi) is 4.91. The minimum absolute atomic E-state index is 0.0436. The Hall–Kier alpha value is -2.70. The van der Waals surface area contributed by atoms with E-state index in [1.807, 2.05) is 0 Å². The summed E-state index contributed by atoms with van der Waals surface area (Å²) in [7, 11) is 0. The Balaban J connectivity index is 1.50. The van der Waals surface area contributed by atoms with Crippen LogP contribution in [0.4, 0.5) is 4.39 Å². The van der Waals surface area contributed by atoms with Crippen LogP contribution in [0.25, 0.3) is 0 Å². The highest BCUT2D eigenvalue weighted by atomic mass is 19.1. The van der Waals surface area contributed by atoms with Gasteiger partial charge in [0.05, 0.1) is 12.1 Å². The van der Waals surface area contributed by atoms with E-state index >= 15 is 0 Å². The number of nitrogens with zero attached hydrogens (tertiary/aromatic N) is 3. The van der Waals surface area contributed by atoms with E-state index in [-0.39, 0.29) is 29.8 Å². The normalized spacial score (nSPS) is 22.1. The van der Waals surface area contributed by atoms with Crippen LogP contribution in [0.2, 0.25) is 0 Å². The van der Waals surface area contributed by atoms with Crippen molar-refractivity contribution in [1.82, 2.24) is 14.8 Å².